The van der Waals surface area contributed by atoms with Gasteiger partial charge in [-0.25, -0.2) is 14.6 Å². The van der Waals surface area contributed by atoms with E-state index in [4.69, 9.17) is 10.7 Å². The number of nitrogen functional groups attached to an aromatic ring is 1. The summed E-state index contributed by atoms with van der Waals surface area (Å²) in [6, 6.07) is 16.9. The fourth-order valence-corrected chi connectivity index (χ4v) is 4.72. The maximum absolute atomic E-state index is 11.5. The standard InChI is InChI=1S/C27H27N9O2/c1-17(35-10-4-7-20(14-35)26(37)38)22-9-3-8-21(30-22)15-36-16-25(33-34-36)24-12-23(31-27(29)32-24)19-6-2-5-18(11-19)13-28/h2-3,5-6,8-9,11-12,16-17,20H,4,7,10,14-15H2,1H3,(H,37,38)(H2,29,31,32)/t17-,20?/m0/s1. The zero-order valence-electron chi connectivity index (χ0n) is 20.9. The zero-order valence-corrected chi connectivity index (χ0v) is 20.9. The molecule has 1 aliphatic rings. The summed E-state index contributed by atoms with van der Waals surface area (Å²) < 4.78 is 1.68. The van der Waals surface area contributed by atoms with Crippen LogP contribution in [0.1, 0.15) is 42.8 Å². The molecule has 0 aliphatic carbocycles. The van der Waals surface area contributed by atoms with Crippen LogP contribution in [-0.4, -0.2) is 59.0 Å². The van der Waals surface area contributed by atoms with E-state index >= 15 is 0 Å². The molecule has 0 radical (unpaired) electrons. The monoisotopic (exact) mass is 509 g/mol. The zero-order chi connectivity index (χ0) is 26.6. The lowest BCUT2D eigenvalue weighted by Crippen LogP contribution is -2.40. The van der Waals surface area contributed by atoms with Crippen molar-refractivity contribution in [2.45, 2.75) is 32.4 Å². The minimum atomic E-state index is -0.737. The molecule has 0 spiro atoms. The fourth-order valence-electron chi connectivity index (χ4n) is 4.72. The number of carboxylic acids is 1. The summed E-state index contributed by atoms with van der Waals surface area (Å²) in [5, 5.41) is 27.2. The largest absolute Gasteiger partial charge is 0.481 e. The number of nitrogens with two attached hydrogens (primary N) is 1. The van der Waals surface area contributed by atoms with E-state index in [1.165, 1.54) is 0 Å². The number of anilines is 1. The van der Waals surface area contributed by atoms with E-state index in [1.807, 2.05) is 24.3 Å². The quantitative estimate of drug-likeness (QED) is 0.379. The minimum absolute atomic E-state index is 0.00496. The van der Waals surface area contributed by atoms with Crippen molar-refractivity contribution >= 4 is 11.9 Å². The number of likely N-dealkylation sites (tertiary alicyclic amines) is 1. The molecule has 38 heavy (non-hydrogen) atoms. The number of rotatable bonds is 7. The first-order valence-electron chi connectivity index (χ1n) is 12.4. The van der Waals surface area contributed by atoms with Crippen LogP contribution >= 0.6 is 0 Å². The third-order valence-electron chi connectivity index (χ3n) is 6.76. The molecular formula is C27H27N9O2. The predicted octanol–water partition coefficient (Wildman–Crippen LogP) is 3.16. The molecule has 1 saturated heterocycles. The normalized spacial score (nSPS) is 16.6. The molecule has 1 aromatic carbocycles. The molecule has 2 atom stereocenters. The van der Waals surface area contributed by atoms with Crippen LogP contribution in [0.3, 0.4) is 0 Å². The molecule has 3 aromatic heterocycles. The fraction of sp³-hybridized carbons (Fsp3) is 0.296. The number of benzene rings is 1. The van der Waals surface area contributed by atoms with Crippen molar-refractivity contribution in [3.63, 3.8) is 0 Å². The van der Waals surface area contributed by atoms with Gasteiger partial charge in [0.15, 0.2) is 0 Å². The van der Waals surface area contributed by atoms with Crippen LogP contribution in [0.4, 0.5) is 5.95 Å². The molecule has 4 aromatic rings. The van der Waals surface area contributed by atoms with Gasteiger partial charge < -0.3 is 10.8 Å². The van der Waals surface area contributed by atoms with Crippen molar-refractivity contribution in [2.75, 3.05) is 18.8 Å². The Bertz CT molecular complexity index is 1510. The number of pyridine rings is 1. The molecule has 0 saturated carbocycles. The van der Waals surface area contributed by atoms with Gasteiger partial charge in [-0.3, -0.25) is 14.7 Å². The summed E-state index contributed by atoms with van der Waals surface area (Å²) in [5.74, 6) is -0.978. The Balaban J connectivity index is 1.33. The Morgan fingerprint density at radius 1 is 1.16 bits per heavy atom. The van der Waals surface area contributed by atoms with Crippen LogP contribution in [0.2, 0.25) is 0 Å². The van der Waals surface area contributed by atoms with Gasteiger partial charge >= 0.3 is 5.97 Å². The van der Waals surface area contributed by atoms with Gasteiger partial charge in [0.2, 0.25) is 5.95 Å². The summed E-state index contributed by atoms with van der Waals surface area (Å²) in [6.07, 6.45) is 3.35. The van der Waals surface area contributed by atoms with E-state index in [9.17, 15) is 15.2 Å². The van der Waals surface area contributed by atoms with Crippen molar-refractivity contribution in [3.8, 4) is 28.7 Å². The number of nitrogens with zero attached hydrogens (tertiary/aromatic N) is 8. The summed E-state index contributed by atoms with van der Waals surface area (Å²) in [4.78, 5) is 27.1. The molecule has 11 nitrogen and oxygen atoms in total. The second-order valence-corrected chi connectivity index (χ2v) is 9.39. The average Bonchev–Trinajstić information content (AvgIpc) is 3.41. The first-order chi connectivity index (χ1) is 18.4. The maximum atomic E-state index is 11.5. The molecule has 11 heteroatoms. The van der Waals surface area contributed by atoms with Gasteiger partial charge in [-0.1, -0.05) is 23.4 Å². The molecule has 192 valence electrons. The lowest BCUT2D eigenvalue weighted by Gasteiger charge is -2.35. The molecule has 4 heterocycles. The van der Waals surface area contributed by atoms with E-state index in [0.717, 1.165) is 29.9 Å². The average molecular weight is 510 g/mol. The van der Waals surface area contributed by atoms with Gasteiger partial charge in [0.05, 0.1) is 53.1 Å². The Kier molecular flexibility index (Phi) is 7.06. The molecule has 5 rings (SSSR count). The number of aliphatic carboxylic acids is 1. The summed E-state index contributed by atoms with van der Waals surface area (Å²) in [7, 11) is 0. The van der Waals surface area contributed by atoms with Gasteiger partial charge in [-0.05, 0) is 56.6 Å². The van der Waals surface area contributed by atoms with E-state index in [1.54, 1.807) is 35.1 Å². The summed E-state index contributed by atoms with van der Waals surface area (Å²) >= 11 is 0. The smallest absolute Gasteiger partial charge is 0.307 e. The summed E-state index contributed by atoms with van der Waals surface area (Å²) in [6.45, 7) is 3.85. The third-order valence-corrected chi connectivity index (χ3v) is 6.76. The second kappa shape index (κ2) is 10.7. The van der Waals surface area contributed by atoms with Crippen molar-refractivity contribution in [1.29, 1.82) is 5.26 Å². The van der Waals surface area contributed by atoms with Gasteiger partial charge in [0.25, 0.3) is 0 Å². The van der Waals surface area contributed by atoms with Crippen LogP contribution in [0, 0.1) is 17.2 Å². The van der Waals surface area contributed by atoms with Gasteiger partial charge in [0.1, 0.15) is 5.69 Å². The molecule has 1 aliphatic heterocycles. The highest BCUT2D eigenvalue weighted by Gasteiger charge is 2.29. The molecule has 0 amide bonds. The van der Waals surface area contributed by atoms with Gasteiger partial charge in [-0.15, -0.1) is 5.10 Å². The molecule has 3 N–H and O–H groups in total. The van der Waals surface area contributed by atoms with Crippen LogP contribution in [-0.2, 0) is 11.3 Å². The molecule has 1 unspecified atom stereocenters. The number of aromatic nitrogens is 6. The van der Waals surface area contributed by atoms with Gasteiger partial charge in [0, 0.05) is 18.2 Å². The Morgan fingerprint density at radius 3 is 2.79 bits per heavy atom. The number of hydrogen-bond donors (Lipinski definition) is 2. The van der Waals surface area contributed by atoms with Gasteiger partial charge in [-0.2, -0.15) is 5.26 Å². The number of carbonyl (C=O) groups is 1. The van der Waals surface area contributed by atoms with Crippen LogP contribution in [0.25, 0.3) is 22.6 Å². The Morgan fingerprint density at radius 2 is 1.97 bits per heavy atom. The van der Waals surface area contributed by atoms with Crippen LogP contribution < -0.4 is 5.73 Å². The predicted molar refractivity (Wildman–Crippen MR) is 139 cm³/mol. The number of nitriles is 1. The molecule has 0 bridgehead atoms. The lowest BCUT2D eigenvalue weighted by molar-refractivity contribution is -0.143. The highest BCUT2D eigenvalue weighted by Crippen LogP contribution is 2.27. The molecule has 1 fully saturated rings. The number of hydrogen-bond acceptors (Lipinski definition) is 9. The first-order valence-corrected chi connectivity index (χ1v) is 12.4. The number of carboxylic acid groups (broad SMARTS) is 1. The van der Waals surface area contributed by atoms with Crippen molar-refractivity contribution in [1.82, 2.24) is 34.8 Å². The maximum Gasteiger partial charge on any atom is 0.307 e. The topological polar surface area (TPSA) is 160 Å². The Labute approximate surface area is 219 Å². The highest BCUT2D eigenvalue weighted by molar-refractivity contribution is 5.70. The van der Waals surface area contributed by atoms with E-state index in [0.29, 0.717) is 42.2 Å². The van der Waals surface area contributed by atoms with Crippen LogP contribution in [0.5, 0.6) is 0 Å². The SMILES string of the molecule is C[C@@H](c1cccc(Cn2cc(-c3cc(-c4cccc(C#N)c4)nc(N)n3)nn2)n1)N1CCCC(C(=O)O)C1. The lowest BCUT2D eigenvalue weighted by atomic mass is 9.96. The van der Waals surface area contributed by atoms with E-state index in [-0.39, 0.29) is 17.9 Å². The van der Waals surface area contributed by atoms with E-state index in [2.05, 4.69) is 38.2 Å². The first kappa shape index (κ1) is 25.0. The van der Waals surface area contributed by atoms with Crippen LogP contribution in [0.15, 0.2) is 54.7 Å². The molecular weight excluding hydrogens is 482 g/mol. The van der Waals surface area contributed by atoms with Crippen molar-refractivity contribution < 1.29 is 9.90 Å². The highest BCUT2D eigenvalue weighted by atomic mass is 16.4. The minimum Gasteiger partial charge on any atom is -0.481 e. The van der Waals surface area contributed by atoms with E-state index < -0.39 is 5.97 Å². The van der Waals surface area contributed by atoms with Crippen molar-refractivity contribution in [2.24, 2.45) is 5.92 Å². The second-order valence-electron chi connectivity index (χ2n) is 9.39. The number of piperidine rings is 1. The summed E-state index contributed by atoms with van der Waals surface area (Å²) in [5.41, 5.74) is 10.6. The van der Waals surface area contributed by atoms with Crippen molar-refractivity contribution in [3.05, 3.63) is 71.7 Å². The third kappa shape index (κ3) is 5.50. The Hall–Kier alpha value is -4.69.